The van der Waals surface area contributed by atoms with Crippen LogP contribution in [-0.2, 0) is 13.1 Å². The molecule has 138 valence electrons. The van der Waals surface area contributed by atoms with E-state index in [2.05, 4.69) is 30.8 Å². The van der Waals surface area contributed by atoms with Crippen molar-refractivity contribution < 1.29 is 0 Å². The van der Waals surface area contributed by atoms with Gasteiger partial charge in [0.1, 0.15) is 5.82 Å². The minimum Gasteiger partial charge on any atom is -0.356 e. The van der Waals surface area contributed by atoms with Crippen LogP contribution in [0.1, 0.15) is 24.2 Å². The zero-order valence-corrected chi connectivity index (χ0v) is 18.2. The summed E-state index contributed by atoms with van der Waals surface area (Å²) in [6, 6.07) is 7.92. The molecular formula is C18H27ClIN5. The van der Waals surface area contributed by atoms with E-state index in [0.717, 1.165) is 49.3 Å². The summed E-state index contributed by atoms with van der Waals surface area (Å²) in [6.07, 6.45) is 6.07. The van der Waals surface area contributed by atoms with Crippen LogP contribution in [0.5, 0.6) is 0 Å². The standard InChI is InChI=1S/C18H26ClN5.HI/c1-15-21-10-12-24(15)11-5-4-9-22-18(20-2)23(3)14-16-7-6-8-17(19)13-16;/h6-8,10,12-13H,4-5,9,11,14H2,1-3H3,(H,20,22);1H. The second-order valence-electron chi connectivity index (χ2n) is 5.83. The highest BCUT2D eigenvalue weighted by Crippen LogP contribution is 2.12. The predicted molar refractivity (Wildman–Crippen MR) is 116 cm³/mol. The zero-order valence-electron chi connectivity index (χ0n) is 15.1. The van der Waals surface area contributed by atoms with Crippen LogP contribution < -0.4 is 5.32 Å². The SMILES string of the molecule is CN=C(NCCCCn1ccnc1C)N(C)Cc1cccc(Cl)c1.I. The van der Waals surface area contributed by atoms with Crippen LogP contribution in [0.4, 0.5) is 0 Å². The van der Waals surface area contributed by atoms with E-state index >= 15 is 0 Å². The Bertz CT molecular complexity index is 671. The maximum atomic E-state index is 6.04. The van der Waals surface area contributed by atoms with Crippen molar-refractivity contribution in [2.75, 3.05) is 20.6 Å². The smallest absolute Gasteiger partial charge is 0.193 e. The number of aryl methyl sites for hydroxylation is 2. The number of imidazole rings is 1. The summed E-state index contributed by atoms with van der Waals surface area (Å²) < 4.78 is 2.18. The van der Waals surface area contributed by atoms with Crippen LogP contribution in [-0.4, -0.2) is 41.1 Å². The van der Waals surface area contributed by atoms with Crippen LogP contribution in [0.2, 0.25) is 5.02 Å². The third-order valence-corrected chi connectivity index (χ3v) is 4.15. The van der Waals surface area contributed by atoms with Crippen molar-refractivity contribution in [1.82, 2.24) is 19.8 Å². The molecule has 25 heavy (non-hydrogen) atoms. The Morgan fingerprint density at radius 3 is 2.80 bits per heavy atom. The summed E-state index contributed by atoms with van der Waals surface area (Å²) >= 11 is 6.04. The number of nitrogens with one attached hydrogen (secondary N) is 1. The van der Waals surface area contributed by atoms with E-state index in [1.54, 1.807) is 0 Å². The first-order valence-corrected chi connectivity index (χ1v) is 8.62. The van der Waals surface area contributed by atoms with E-state index in [0.29, 0.717) is 0 Å². The third kappa shape index (κ3) is 7.23. The molecule has 0 aliphatic carbocycles. The molecule has 0 aliphatic rings. The highest BCUT2D eigenvalue weighted by Gasteiger charge is 2.06. The van der Waals surface area contributed by atoms with Gasteiger partial charge >= 0.3 is 0 Å². The van der Waals surface area contributed by atoms with Gasteiger partial charge in [0, 0.05) is 51.1 Å². The number of aliphatic imine (C=N–C) groups is 1. The molecule has 0 amide bonds. The Morgan fingerprint density at radius 1 is 1.36 bits per heavy atom. The first kappa shape index (κ1) is 21.8. The monoisotopic (exact) mass is 475 g/mol. The number of hydrogen-bond donors (Lipinski definition) is 1. The number of benzene rings is 1. The van der Waals surface area contributed by atoms with Crippen molar-refractivity contribution in [3.05, 3.63) is 53.1 Å². The molecule has 0 radical (unpaired) electrons. The fourth-order valence-corrected chi connectivity index (χ4v) is 2.83. The van der Waals surface area contributed by atoms with Gasteiger partial charge in [-0.15, -0.1) is 24.0 Å². The van der Waals surface area contributed by atoms with Crippen LogP contribution in [0.3, 0.4) is 0 Å². The molecular weight excluding hydrogens is 449 g/mol. The highest BCUT2D eigenvalue weighted by atomic mass is 127. The molecule has 1 aromatic heterocycles. The van der Waals surface area contributed by atoms with Gasteiger partial charge in [-0.1, -0.05) is 23.7 Å². The van der Waals surface area contributed by atoms with E-state index in [9.17, 15) is 0 Å². The molecule has 0 aliphatic heterocycles. The average Bonchev–Trinajstić information content (AvgIpc) is 2.96. The molecule has 0 saturated carbocycles. The number of unbranched alkanes of at least 4 members (excludes halogenated alkanes) is 1. The Hall–Kier alpha value is -1.28. The summed E-state index contributed by atoms with van der Waals surface area (Å²) in [5.41, 5.74) is 1.17. The summed E-state index contributed by atoms with van der Waals surface area (Å²) in [5, 5.41) is 4.18. The zero-order chi connectivity index (χ0) is 17.4. The Morgan fingerprint density at radius 2 is 2.16 bits per heavy atom. The van der Waals surface area contributed by atoms with Gasteiger partial charge in [0.15, 0.2) is 5.96 Å². The van der Waals surface area contributed by atoms with Gasteiger partial charge in [0.05, 0.1) is 0 Å². The third-order valence-electron chi connectivity index (χ3n) is 3.91. The lowest BCUT2D eigenvalue weighted by molar-refractivity contribution is 0.473. The Labute approximate surface area is 172 Å². The lowest BCUT2D eigenvalue weighted by atomic mass is 10.2. The lowest BCUT2D eigenvalue weighted by Gasteiger charge is -2.22. The normalized spacial score (nSPS) is 11.1. The molecule has 0 bridgehead atoms. The van der Waals surface area contributed by atoms with Crippen molar-refractivity contribution >= 4 is 41.5 Å². The minimum atomic E-state index is 0. The topological polar surface area (TPSA) is 45.5 Å². The first-order chi connectivity index (χ1) is 11.6. The quantitative estimate of drug-likeness (QED) is 0.285. The lowest BCUT2D eigenvalue weighted by Crippen LogP contribution is -2.38. The van der Waals surface area contributed by atoms with Crippen molar-refractivity contribution in [2.24, 2.45) is 4.99 Å². The first-order valence-electron chi connectivity index (χ1n) is 8.24. The Balaban J connectivity index is 0.00000312. The molecule has 0 saturated heterocycles. The van der Waals surface area contributed by atoms with Crippen molar-refractivity contribution in [2.45, 2.75) is 32.9 Å². The highest BCUT2D eigenvalue weighted by molar-refractivity contribution is 14.0. The van der Waals surface area contributed by atoms with E-state index in [1.165, 1.54) is 5.56 Å². The molecule has 2 rings (SSSR count). The molecule has 0 spiro atoms. The van der Waals surface area contributed by atoms with Gasteiger partial charge in [-0.2, -0.15) is 0 Å². The fraction of sp³-hybridized carbons (Fsp3) is 0.444. The number of aromatic nitrogens is 2. The van der Waals surface area contributed by atoms with E-state index in [4.69, 9.17) is 11.6 Å². The molecule has 7 heteroatoms. The summed E-state index contributed by atoms with van der Waals surface area (Å²) in [5.74, 6) is 1.97. The van der Waals surface area contributed by atoms with E-state index in [-0.39, 0.29) is 24.0 Å². The van der Waals surface area contributed by atoms with Crippen molar-refractivity contribution in [3.8, 4) is 0 Å². The summed E-state index contributed by atoms with van der Waals surface area (Å²) in [4.78, 5) is 10.7. The fourth-order valence-electron chi connectivity index (χ4n) is 2.62. The molecule has 0 atom stereocenters. The van der Waals surface area contributed by atoms with Gasteiger partial charge < -0.3 is 14.8 Å². The summed E-state index contributed by atoms with van der Waals surface area (Å²) in [6.45, 7) is 4.71. The second-order valence-corrected chi connectivity index (χ2v) is 6.27. The molecule has 5 nitrogen and oxygen atoms in total. The van der Waals surface area contributed by atoms with Crippen molar-refractivity contribution in [1.29, 1.82) is 0 Å². The molecule has 1 heterocycles. The molecule has 2 aromatic rings. The van der Waals surface area contributed by atoms with Gasteiger partial charge in [0.2, 0.25) is 0 Å². The largest absolute Gasteiger partial charge is 0.356 e. The van der Waals surface area contributed by atoms with Crippen molar-refractivity contribution in [3.63, 3.8) is 0 Å². The van der Waals surface area contributed by atoms with Gasteiger partial charge in [-0.25, -0.2) is 4.98 Å². The summed E-state index contributed by atoms with van der Waals surface area (Å²) in [7, 11) is 3.84. The van der Waals surface area contributed by atoms with Gasteiger partial charge in [0.25, 0.3) is 0 Å². The molecule has 1 aromatic carbocycles. The molecule has 1 N–H and O–H groups in total. The number of guanidine groups is 1. The predicted octanol–water partition coefficient (Wildman–Crippen LogP) is 3.95. The maximum absolute atomic E-state index is 6.04. The average molecular weight is 476 g/mol. The number of halogens is 2. The number of nitrogens with zero attached hydrogens (tertiary/aromatic N) is 4. The van der Waals surface area contributed by atoms with Crippen LogP contribution in [0.15, 0.2) is 41.7 Å². The Kier molecular flexibility index (Phi) is 9.89. The second kappa shape index (κ2) is 11.4. The minimum absolute atomic E-state index is 0. The van der Waals surface area contributed by atoms with E-state index < -0.39 is 0 Å². The number of hydrogen-bond acceptors (Lipinski definition) is 2. The molecule has 0 unspecified atom stereocenters. The van der Waals surface area contributed by atoms with Crippen LogP contribution in [0, 0.1) is 6.92 Å². The van der Waals surface area contributed by atoms with Crippen LogP contribution >= 0.6 is 35.6 Å². The maximum Gasteiger partial charge on any atom is 0.193 e. The van der Waals surface area contributed by atoms with Gasteiger partial charge in [-0.3, -0.25) is 4.99 Å². The van der Waals surface area contributed by atoms with Gasteiger partial charge in [-0.05, 0) is 37.5 Å². The molecule has 0 fully saturated rings. The van der Waals surface area contributed by atoms with Crippen LogP contribution in [0.25, 0.3) is 0 Å². The number of rotatable bonds is 7. The van der Waals surface area contributed by atoms with E-state index in [1.807, 2.05) is 51.6 Å².